The van der Waals surface area contributed by atoms with Crippen LogP contribution in [-0.2, 0) is 0 Å². The van der Waals surface area contributed by atoms with Gasteiger partial charge in [0.1, 0.15) is 10.7 Å². The van der Waals surface area contributed by atoms with Crippen LogP contribution in [0.4, 0.5) is 5.00 Å². The number of nitrogens with two attached hydrogens (primary N) is 1. The molecule has 4 heteroatoms. The van der Waals surface area contributed by atoms with E-state index in [1.165, 1.54) is 0 Å². The SMILES string of the molecule is CC(C)c1nc(-c2cccs2)c(N)s1. The number of hydrogen-bond acceptors (Lipinski definition) is 4. The van der Waals surface area contributed by atoms with E-state index < -0.39 is 0 Å². The van der Waals surface area contributed by atoms with Crippen LogP contribution in [0.3, 0.4) is 0 Å². The third-order valence-electron chi connectivity index (χ3n) is 1.92. The molecule has 2 heterocycles. The molecule has 0 aliphatic carbocycles. The third kappa shape index (κ3) is 1.67. The molecular weight excluding hydrogens is 212 g/mol. The van der Waals surface area contributed by atoms with Gasteiger partial charge in [-0.15, -0.1) is 22.7 Å². The highest BCUT2D eigenvalue weighted by molar-refractivity contribution is 7.17. The van der Waals surface area contributed by atoms with Crippen molar-refractivity contribution in [2.75, 3.05) is 5.73 Å². The minimum Gasteiger partial charge on any atom is -0.389 e. The highest BCUT2D eigenvalue weighted by Crippen LogP contribution is 2.35. The lowest BCUT2D eigenvalue weighted by molar-refractivity contribution is 0.854. The summed E-state index contributed by atoms with van der Waals surface area (Å²) in [4.78, 5) is 5.71. The Morgan fingerprint density at radius 1 is 1.43 bits per heavy atom. The Kier molecular flexibility index (Phi) is 2.56. The van der Waals surface area contributed by atoms with Gasteiger partial charge >= 0.3 is 0 Å². The van der Waals surface area contributed by atoms with Crippen LogP contribution >= 0.6 is 22.7 Å². The van der Waals surface area contributed by atoms with Crippen LogP contribution in [0, 0.1) is 0 Å². The lowest BCUT2D eigenvalue weighted by atomic mass is 10.2. The van der Waals surface area contributed by atoms with Crippen molar-refractivity contribution in [3.63, 3.8) is 0 Å². The Morgan fingerprint density at radius 2 is 2.21 bits per heavy atom. The average Bonchev–Trinajstić information content (AvgIpc) is 2.71. The Morgan fingerprint density at radius 3 is 2.71 bits per heavy atom. The van der Waals surface area contributed by atoms with E-state index in [0.717, 1.165) is 20.6 Å². The van der Waals surface area contributed by atoms with Crippen molar-refractivity contribution < 1.29 is 0 Å². The van der Waals surface area contributed by atoms with Gasteiger partial charge in [-0.25, -0.2) is 4.98 Å². The van der Waals surface area contributed by atoms with Crippen molar-refractivity contribution in [2.45, 2.75) is 19.8 Å². The van der Waals surface area contributed by atoms with Gasteiger partial charge < -0.3 is 5.73 Å². The Balaban J connectivity index is 2.45. The minimum atomic E-state index is 0.455. The zero-order valence-electron chi connectivity index (χ0n) is 8.15. The second-order valence-electron chi connectivity index (χ2n) is 3.40. The predicted molar refractivity (Wildman–Crippen MR) is 63.9 cm³/mol. The summed E-state index contributed by atoms with van der Waals surface area (Å²) in [5, 5.41) is 3.99. The summed E-state index contributed by atoms with van der Waals surface area (Å²) in [5.41, 5.74) is 6.89. The molecule has 0 spiro atoms. The van der Waals surface area contributed by atoms with Crippen LogP contribution in [0.1, 0.15) is 24.8 Å². The van der Waals surface area contributed by atoms with Gasteiger partial charge in [0.25, 0.3) is 0 Å². The largest absolute Gasteiger partial charge is 0.389 e. The summed E-state index contributed by atoms with van der Waals surface area (Å²) >= 11 is 3.27. The molecule has 0 amide bonds. The van der Waals surface area contributed by atoms with Crippen molar-refractivity contribution in [1.82, 2.24) is 4.98 Å². The molecule has 14 heavy (non-hydrogen) atoms. The molecule has 74 valence electrons. The van der Waals surface area contributed by atoms with Crippen LogP contribution in [0.2, 0.25) is 0 Å². The number of rotatable bonds is 2. The lowest BCUT2D eigenvalue weighted by Crippen LogP contribution is -1.85. The quantitative estimate of drug-likeness (QED) is 0.846. The number of hydrogen-bond donors (Lipinski definition) is 1. The molecule has 0 aliphatic heterocycles. The molecule has 0 aromatic carbocycles. The first-order chi connectivity index (χ1) is 6.68. The fourth-order valence-electron chi connectivity index (χ4n) is 1.19. The average molecular weight is 224 g/mol. The summed E-state index contributed by atoms with van der Waals surface area (Å²) in [6, 6.07) is 4.08. The molecular formula is C10H12N2S2. The van der Waals surface area contributed by atoms with Crippen molar-refractivity contribution in [3.05, 3.63) is 22.5 Å². The van der Waals surface area contributed by atoms with Gasteiger partial charge in [0.15, 0.2) is 0 Å². The van der Waals surface area contributed by atoms with E-state index in [1.54, 1.807) is 22.7 Å². The minimum absolute atomic E-state index is 0.455. The Bertz CT molecular complexity index is 415. The maximum Gasteiger partial charge on any atom is 0.115 e. The lowest BCUT2D eigenvalue weighted by Gasteiger charge is -1.95. The maximum atomic E-state index is 5.93. The number of thiophene rings is 1. The highest BCUT2D eigenvalue weighted by atomic mass is 32.1. The third-order valence-corrected chi connectivity index (χ3v) is 3.98. The first kappa shape index (κ1) is 9.68. The van der Waals surface area contributed by atoms with E-state index in [9.17, 15) is 0 Å². The molecule has 0 aliphatic rings. The van der Waals surface area contributed by atoms with Gasteiger partial charge in [-0.3, -0.25) is 0 Å². The van der Waals surface area contributed by atoms with Crippen LogP contribution in [0.15, 0.2) is 17.5 Å². The smallest absolute Gasteiger partial charge is 0.115 e. The normalized spacial score (nSPS) is 11.1. The second kappa shape index (κ2) is 3.71. The summed E-state index contributed by atoms with van der Waals surface area (Å²) in [7, 11) is 0. The molecule has 0 atom stereocenters. The molecule has 0 radical (unpaired) electrons. The molecule has 2 aromatic rings. The first-order valence-electron chi connectivity index (χ1n) is 4.48. The van der Waals surface area contributed by atoms with Crippen molar-refractivity contribution in [1.29, 1.82) is 0 Å². The molecule has 0 saturated carbocycles. The van der Waals surface area contributed by atoms with E-state index in [1.807, 2.05) is 11.4 Å². The molecule has 2 aromatic heterocycles. The van der Waals surface area contributed by atoms with E-state index in [-0.39, 0.29) is 0 Å². The van der Waals surface area contributed by atoms with Crippen LogP contribution in [-0.4, -0.2) is 4.98 Å². The van der Waals surface area contributed by atoms with Crippen molar-refractivity contribution >= 4 is 27.7 Å². The number of thiazole rings is 1. The van der Waals surface area contributed by atoms with E-state index >= 15 is 0 Å². The predicted octanol–water partition coefficient (Wildman–Crippen LogP) is 3.58. The number of aromatic nitrogens is 1. The molecule has 0 saturated heterocycles. The first-order valence-corrected chi connectivity index (χ1v) is 6.18. The van der Waals surface area contributed by atoms with E-state index in [4.69, 9.17) is 5.73 Å². The topological polar surface area (TPSA) is 38.9 Å². The summed E-state index contributed by atoms with van der Waals surface area (Å²) < 4.78 is 0. The number of anilines is 1. The highest BCUT2D eigenvalue weighted by Gasteiger charge is 2.12. The maximum absolute atomic E-state index is 5.93. The van der Waals surface area contributed by atoms with Crippen molar-refractivity contribution in [2.24, 2.45) is 0 Å². The van der Waals surface area contributed by atoms with Crippen LogP contribution in [0.25, 0.3) is 10.6 Å². The Labute approximate surface area is 91.4 Å². The summed E-state index contributed by atoms with van der Waals surface area (Å²) in [6.07, 6.45) is 0. The van der Waals surface area contributed by atoms with Gasteiger partial charge in [0.2, 0.25) is 0 Å². The zero-order valence-corrected chi connectivity index (χ0v) is 9.78. The standard InChI is InChI=1S/C10H12N2S2/c1-6(2)10-12-8(9(11)14-10)7-4-3-5-13-7/h3-6H,11H2,1-2H3. The van der Waals surface area contributed by atoms with Gasteiger partial charge in [-0.05, 0) is 11.4 Å². The van der Waals surface area contributed by atoms with E-state index in [0.29, 0.717) is 5.92 Å². The van der Waals surface area contributed by atoms with Gasteiger partial charge in [-0.1, -0.05) is 19.9 Å². The van der Waals surface area contributed by atoms with E-state index in [2.05, 4.69) is 24.9 Å². The van der Waals surface area contributed by atoms with Crippen molar-refractivity contribution in [3.8, 4) is 10.6 Å². The number of nitrogens with zero attached hydrogens (tertiary/aromatic N) is 1. The van der Waals surface area contributed by atoms with Gasteiger partial charge in [-0.2, -0.15) is 0 Å². The fourth-order valence-corrected chi connectivity index (χ4v) is 2.83. The number of nitrogen functional groups attached to an aromatic ring is 1. The molecule has 2 rings (SSSR count). The fraction of sp³-hybridized carbons (Fsp3) is 0.300. The van der Waals surface area contributed by atoms with Gasteiger partial charge in [0.05, 0.1) is 9.88 Å². The second-order valence-corrected chi connectivity index (χ2v) is 5.41. The summed E-state index contributed by atoms with van der Waals surface area (Å²) in [6.45, 7) is 4.27. The van der Waals surface area contributed by atoms with Gasteiger partial charge in [0, 0.05) is 5.92 Å². The molecule has 0 bridgehead atoms. The zero-order chi connectivity index (χ0) is 10.1. The summed E-state index contributed by atoms with van der Waals surface area (Å²) in [5.74, 6) is 0.455. The van der Waals surface area contributed by atoms with Crippen LogP contribution in [0.5, 0.6) is 0 Å². The molecule has 0 unspecified atom stereocenters. The Hall–Kier alpha value is -0.870. The molecule has 0 fully saturated rings. The molecule has 2 nitrogen and oxygen atoms in total. The van der Waals surface area contributed by atoms with Crippen LogP contribution < -0.4 is 5.73 Å². The monoisotopic (exact) mass is 224 g/mol. The molecule has 2 N–H and O–H groups in total.